The zero-order chi connectivity index (χ0) is 17.1. The van der Waals surface area contributed by atoms with E-state index in [9.17, 15) is 9.59 Å². The molecule has 7 heteroatoms. The zero-order valence-electron chi connectivity index (χ0n) is 13.9. The average Bonchev–Trinajstić information content (AvgIpc) is 3.15. The number of hydrogen-bond donors (Lipinski definition) is 2. The lowest BCUT2D eigenvalue weighted by atomic mass is 10.0. The second-order valence-electron chi connectivity index (χ2n) is 6.09. The predicted molar refractivity (Wildman–Crippen MR) is 89.0 cm³/mol. The molecule has 2 aromatic heterocycles. The molecule has 1 aliphatic rings. The third kappa shape index (κ3) is 3.26. The van der Waals surface area contributed by atoms with Crippen LogP contribution in [0.5, 0.6) is 0 Å². The van der Waals surface area contributed by atoms with Crippen LogP contribution in [0, 0.1) is 0 Å². The number of aromatic nitrogens is 3. The molecule has 0 radical (unpaired) electrons. The van der Waals surface area contributed by atoms with E-state index in [1.807, 2.05) is 19.1 Å². The van der Waals surface area contributed by atoms with Crippen LogP contribution in [-0.4, -0.2) is 45.7 Å². The summed E-state index contributed by atoms with van der Waals surface area (Å²) in [5, 5.41) is 6.77. The largest absolute Gasteiger partial charge is 0.368 e. The Kier molecular flexibility index (Phi) is 4.80. The monoisotopic (exact) mass is 330 g/mol. The molecule has 2 N–H and O–H groups in total. The topological polar surface area (TPSA) is 91.1 Å². The normalized spacial score (nSPS) is 19.2. The van der Waals surface area contributed by atoms with E-state index in [0.717, 1.165) is 17.8 Å². The minimum absolute atomic E-state index is 0.173. The molecule has 0 aliphatic carbocycles. The van der Waals surface area contributed by atoms with Gasteiger partial charge < -0.3 is 14.6 Å². The van der Waals surface area contributed by atoms with E-state index in [-0.39, 0.29) is 29.1 Å². The van der Waals surface area contributed by atoms with Crippen molar-refractivity contribution in [1.82, 2.24) is 20.1 Å². The lowest BCUT2D eigenvalue weighted by Gasteiger charge is -2.32. The highest BCUT2D eigenvalue weighted by Crippen LogP contribution is 2.21. The summed E-state index contributed by atoms with van der Waals surface area (Å²) in [6.45, 7) is 5.40. The highest BCUT2D eigenvalue weighted by Gasteiger charge is 2.28. The summed E-state index contributed by atoms with van der Waals surface area (Å²) in [4.78, 5) is 29.5. The molecule has 0 bridgehead atoms. The van der Waals surface area contributed by atoms with E-state index in [0.29, 0.717) is 19.7 Å². The van der Waals surface area contributed by atoms with Gasteiger partial charge in [0.05, 0.1) is 18.8 Å². The molecule has 0 spiro atoms. The Morgan fingerprint density at radius 3 is 2.96 bits per heavy atom. The summed E-state index contributed by atoms with van der Waals surface area (Å²) in [7, 11) is 0. The van der Waals surface area contributed by atoms with Crippen LogP contribution in [0.2, 0.25) is 0 Å². The van der Waals surface area contributed by atoms with E-state index in [2.05, 4.69) is 22.1 Å². The van der Waals surface area contributed by atoms with Gasteiger partial charge in [0.25, 0.3) is 11.5 Å². The molecule has 7 nitrogen and oxygen atoms in total. The molecular weight excluding hydrogens is 308 g/mol. The smallest absolute Gasteiger partial charge is 0.261 e. The first kappa shape index (κ1) is 16.4. The molecule has 1 aliphatic heterocycles. The fourth-order valence-electron chi connectivity index (χ4n) is 2.80. The molecule has 1 saturated heterocycles. The molecule has 128 valence electrons. The maximum absolute atomic E-state index is 12.7. The Balaban J connectivity index is 1.77. The van der Waals surface area contributed by atoms with Crippen molar-refractivity contribution in [3.63, 3.8) is 0 Å². The predicted octanol–water partition coefficient (Wildman–Crippen LogP) is 1.83. The highest BCUT2D eigenvalue weighted by atomic mass is 16.5. The van der Waals surface area contributed by atoms with Crippen LogP contribution in [0.15, 0.2) is 29.2 Å². The molecular formula is C17H22N4O3. The lowest BCUT2D eigenvalue weighted by molar-refractivity contribution is -0.0248. The Hall–Kier alpha value is -2.41. The van der Waals surface area contributed by atoms with Gasteiger partial charge in [-0.1, -0.05) is 13.8 Å². The van der Waals surface area contributed by atoms with Gasteiger partial charge in [-0.15, -0.1) is 0 Å². The number of ether oxygens (including phenoxy) is 1. The number of nitrogens with zero attached hydrogens (tertiary/aromatic N) is 2. The van der Waals surface area contributed by atoms with Gasteiger partial charge in [-0.05, 0) is 30.5 Å². The van der Waals surface area contributed by atoms with Crippen LogP contribution in [0.1, 0.15) is 54.0 Å². The van der Waals surface area contributed by atoms with Crippen molar-refractivity contribution in [1.29, 1.82) is 0 Å². The number of hydrogen-bond acceptors (Lipinski definition) is 4. The van der Waals surface area contributed by atoms with Gasteiger partial charge in [0.15, 0.2) is 0 Å². The molecule has 0 saturated carbocycles. The third-order valence-electron chi connectivity index (χ3n) is 4.53. The summed E-state index contributed by atoms with van der Waals surface area (Å²) in [6.07, 6.45) is 2.33. The summed E-state index contributed by atoms with van der Waals surface area (Å²) in [5.41, 5.74) is 1.53. The molecule has 3 heterocycles. The van der Waals surface area contributed by atoms with Crippen LogP contribution in [0.4, 0.5) is 0 Å². The maximum atomic E-state index is 12.7. The summed E-state index contributed by atoms with van der Waals surface area (Å²) >= 11 is 0. The van der Waals surface area contributed by atoms with Crippen molar-refractivity contribution in [3.05, 3.63) is 51.7 Å². The lowest BCUT2D eigenvalue weighted by Crippen LogP contribution is -2.44. The number of rotatable bonds is 4. The molecule has 2 unspecified atom stereocenters. The molecule has 2 atom stereocenters. The number of nitrogens with one attached hydrogen (secondary N) is 2. The Morgan fingerprint density at radius 2 is 2.29 bits per heavy atom. The summed E-state index contributed by atoms with van der Waals surface area (Å²) in [6, 6.07) is 5.28. The molecule has 1 amide bonds. The maximum Gasteiger partial charge on any atom is 0.261 e. The first-order valence-corrected chi connectivity index (χ1v) is 8.23. The van der Waals surface area contributed by atoms with Crippen molar-refractivity contribution < 1.29 is 9.53 Å². The molecule has 3 rings (SSSR count). The van der Waals surface area contributed by atoms with Crippen LogP contribution >= 0.6 is 0 Å². The number of carbonyl (C=O) groups excluding carboxylic acids is 1. The van der Waals surface area contributed by atoms with Gasteiger partial charge >= 0.3 is 0 Å². The molecule has 1 fully saturated rings. The zero-order valence-corrected chi connectivity index (χ0v) is 13.9. The minimum atomic E-state index is -0.331. The Morgan fingerprint density at radius 1 is 1.46 bits per heavy atom. The second kappa shape index (κ2) is 7.00. The summed E-state index contributed by atoms with van der Waals surface area (Å²) < 4.78 is 5.68. The number of morpholine rings is 1. The third-order valence-corrected chi connectivity index (χ3v) is 4.53. The van der Waals surface area contributed by atoms with Gasteiger partial charge in [0, 0.05) is 18.4 Å². The number of pyridine rings is 1. The van der Waals surface area contributed by atoms with Gasteiger partial charge in [0.2, 0.25) is 0 Å². The first-order valence-electron chi connectivity index (χ1n) is 8.23. The van der Waals surface area contributed by atoms with Crippen molar-refractivity contribution in [2.45, 2.75) is 32.3 Å². The van der Waals surface area contributed by atoms with Crippen molar-refractivity contribution in [2.24, 2.45) is 0 Å². The molecule has 24 heavy (non-hydrogen) atoms. The van der Waals surface area contributed by atoms with Gasteiger partial charge in [-0.3, -0.25) is 14.7 Å². The van der Waals surface area contributed by atoms with Crippen LogP contribution in [0.25, 0.3) is 0 Å². The van der Waals surface area contributed by atoms with E-state index in [4.69, 9.17) is 4.74 Å². The number of aromatic amines is 2. The Bertz CT molecular complexity index is 753. The average molecular weight is 330 g/mol. The van der Waals surface area contributed by atoms with E-state index in [1.165, 1.54) is 0 Å². The van der Waals surface area contributed by atoms with Crippen LogP contribution in [0.3, 0.4) is 0 Å². The highest BCUT2D eigenvalue weighted by molar-refractivity contribution is 5.93. The van der Waals surface area contributed by atoms with Gasteiger partial charge in [-0.2, -0.15) is 5.10 Å². The SMILES string of the molecule is CCC(C)c1ccc(C(=O)N2CCOC(c3ccn[nH]3)C2)c(=O)[nH]1. The van der Waals surface area contributed by atoms with Gasteiger partial charge in [0.1, 0.15) is 11.7 Å². The molecule has 2 aromatic rings. The quantitative estimate of drug-likeness (QED) is 0.894. The first-order chi connectivity index (χ1) is 11.6. The fourth-order valence-corrected chi connectivity index (χ4v) is 2.80. The summed E-state index contributed by atoms with van der Waals surface area (Å²) in [5.74, 6) is -0.00485. The van der Waals surface area contributed by atoms with E-state index in [1.54, 1.807) is 17.2 Å². The minimum Gasteiger partial charge on any atom is -0.368 e. The number of amides is 1. The van der Waals surface area contributed by atoms with Crippen molar-refractivity contribution >= 4 is 5.91 Å². The Labute approximate surface area is 140 Å². The standard InChI is InChI=1S/C17H22N4O3/c1-3-11(2)13-5-4-12(16(22)19-13)17(23)21-8-9-24-15(10-21)14-6-7-18-20-14/h4-7,11,15H,3,8-10H2,1-2H3,(H,18,20)(H,19,22). The number of carbonyl (C=O) groups is 1. The van der Waals surface area contributed by atoms with Crippen LogP contribution in [-0.2, 0) is 4.74 Å². The van der Waals surface area contributed by atoms with E-state index < -0.39 is 0 Å². The fraction of sp³-hybridized carbons (Fsp3) is 0.471. The van der Waals surface area contributed by atoms with Gasteiger partial charge in [-0.25, -0.2) is 0 Å². The van der Waals surface area contributed by atoms with Crippen LogP contribution < -0.4 is 5.56 Å². The molecule has 0 aromatic carbocycles. The second-order valence-corrected chi connectivity index (χ2v) is 6.09. The van der Waals surface area contributed by atoms with E-state index >= 15 is 0 Å². The number of H-pyrrole nitrogens is 2. The van der Waals surface area contributed by atoms with Crippen molar-refractivity contribution in [2.75, 3.05) is 19.7 Å². The van der Waals surface area contributed by atoms with Crippen molar-refractivity contribution in [3.8, 4) is 0 Å².